The lowest BCUT2D eigenvalue weighted by Crippen LogP contribution is -2.50. The molecule has 1 saturated carbocycles. The summed E-state index contributed by atoms with van der Waals surface area (Å²) in [5.41, 5.74) is 0. The molecule has 4 heteroatoms. The fourth-order valence-corrected chi connectivity index (χ4v) is 2.52. The highest BCUT2D eigenvalue weighted by atomic mass is 32.2. The predicted molar refractivity (Wildman–Crippen MR) is 75.5 cm³/mol. The third-order valence-corrected chi connectivity index (χ3v) is 4.20. The van der Waals surface area contributed by atoms with Crippen LogP contribution < -0.4 is 5.32 Å². The molecule has 0 spiro atoms. The molecular weight excluding hydrogens is 232 g/mol. The Morgan fingerprint density at radius 3 is 2.35 bits per heavy atom. The van der Waals surface area contributed by atoms with Crippen LogP contribution in [0.15, 0.2) is 0 Å². The second-order valence-corrected chi connectivity index (χ2v) is 6.34. The third-order valence-electron chi connectivity index (χ3n) is 3.36. The summed E-state index contributed by atoms with van der Waals surface area (Å²) in [4.78, 5) is 14.3. The number of amides is 2. The van der Waals surface area contributed by atoms with E-state index < -0.39 is 0 Å². The molecular formula is C13H26N2OS. The Labute approximate surface area is 110 Å². The van der Waals surface area contributed by atoms with E-state index in [0.29, 0.717) is 18.0 Å². The van der Waals surface area contributed by atoms with Crippen LogP contribution >= 0.6 is 11.8 Å². The minimum atomic E-state index is 0.121. The van der Waals surface area contributed by atoms with Gasteiger partial charge in [0.1, 0.15) is 0 Å². The van der Waals surface area contributed by atoms with Gasteiger partial charge in [-0.1, -0.05) is 13.8 Å². The van der Waals surface area contributed by atoms with Crippen molar-refractivity contribution in [3.05, 3.63) is 0 Å². The van der Waals surface area contributed by atoms with Crippen LogP contribution in [0.3, 0.4) is 0 Å². The van der Waals surface area contributed by atoms with Crippen LogP contribution in [-0.2, 0) is 0 Å². The second kappa shape index (κ2) is 6.53. The zero-order valence-electron chi connectivity index (χ0n) is 11.7. The van der Waals surface area contributed by atoms with Crippen LogP contribution in [0, 0.1) is 5.92 Å². The van der Waals surface area contributed by atoms with Gasteiger partial charge in [-0.05, 0) is 38.9 Å². The summed E-state index contributed by atoms with van der Waals surface area (Å²) in [5, 5.41) is 3.10. The van der Waals surface area contributed by atoms with Gasteiger partial charge < -0.3 is 10.2 Å². The SMILES string of the molecule is CSC[C@@H](C)NC(=O)N(C1CC1)[C@H](C)C(C)C. The van der Waals surface area contributed by atoms with Gasteiger partial charge in [0.15, 0.2) is 0 Å². The van der Waals surface area contributed by atoms with E-state index in [1.54, 1.807) is 11.8 Å². The standard InChI is InChI=1S/C13H26N2OS/c1-9(2)11(4)15(12-6-7-12)13(16)14-10(3)8-17-5/h9-12H,6-8H2,1-5H3,(H,14,16)/t10-,11-/m1/s1. The molecule has 100 valence electrons. The van der Waals surface area contributed by atoms with E-state index in [1.807, 2.05) is 0 Å². The normalized spacial score (nSPS) is 18.9. The maximum Gasteiger partial charge on any atom is 0.318 e. The first-order valence-electron chi connectivity index (χ1n) is 6.55. The molecule has 1 rings (SSSR count). The van der Waals surface area contributed by atoms with Crippen molar-refractivity contribution in [1.82, 2.24) is 10.2 Å². The Morgan fingerprint density at radius 1 is 1.35 bits per heavy atom. The van der Waals surface area contributed by atoms with Crippen LogP contribution in [0.2, 0.25) is 0 Å². The van der Waals surface area contributed by atoms with E-state index in [-0.39, 0.29) is 12.1 Å². The first-order chi connectivity index (χ1) is 7.97. The molecule has 0 aromatic carbocycles. The monoisotopic (exact) mass is 258 g/mol. The maximum atomic E-state index is 12.3. The van der Waals surface area contributed by atoms with E-state index in [0.717, 1.165) is 5.75 Å². The van der Waals surface area contributed by atoms with Crippen LogP contribution in [0.25, 0.3) is 0 Å². The molecule has 0 saturated heterocycles. The van der Waals surface area contributed by atoms with E-state index in [1.165, 1.54) is 12.8 Å². The molecule has 0 unspecified atom stereocenters. The lowest BCUT2D eigenvalue weighted by Gasteiger charge is -2.33. The van der Waals surface area contributed by atoms with Crippen molar-refractivity contribution < 1.29 is 4.79 Å². The van der Waals surface area contributed by atoms with Gasteiger partial charge in [-0.15, -0.1) is 0 Å². The second-order valence-electron chi connectivity index (χ2n) is 5.43. The summed E-state index contributed by atoms with van der Waals surface area (Å²) in [6, 6.07) is 1.17. The van der Waals surface area contributed by atoms with Crippen molar-refractivity contribution in [2.45, 2.75) is 58.7 Å². The van der Waals surface area contributed by atoms with Crippen molar-refractivity contribution in [3.63, 3.8) is 0 Å². The quantitative estimate of drug-likeness (QED) is 0.794. The highest BCUT2D eigenvalue weighted by molar-refractivity contribution is 7.98. The van der Waals surface area contributed by atoms with E-state index in [9.17, 15) is 4.79 Å². The molecule has 0 heterocycles. The Balaban J connectivity index is 2.55. The van der Waals surface area contributed by atoms with Crippen LogP contribution in [0.5, 0.6) is 0 Å². The van der Waals surface area contributed by atoms with Gasteiger partial charge in [0.25, 0.3) is 0 Å². The Morgan fingerprint density at radius 2 is 1.94 bits per heavy atom. The van der Waals surface area contributed by atoms with E-state index in [4.69, 9.17) is 0 Å². The first-order valence-corrected chi connectivity index (χ1v) is 7.94. The molecule has 3 nitrogen and oxygen atoms in total. The topological polar surface area (TPSA) is 32.3 Å². The molecule has 1 fully saturated rings. The predicted octanol–water partition coefficient (Wildman–Crippen LogP) is 2.96. The molecule has 1 aliphatic rings. The largest absolute Gasteiger partial charge is 0.335 e. The number of carbonyl (C=O) groups is 1. The first kappa shape index (κ1) is 14.7. The van der Waals surface area contributed by atoms with Crippen molar-refractivity contribution >= 4 is 17.8 Å². The average molecular weight is 258 g/mol. The van der Waals surface area contributed by atoms with Gasteiger partial charge in [0.2, 0.25) is 0 Å². The van der Waals surface area contributed by atoms with Crippen molar-refractivity contribution in [1.29, 1.82) is 0 Å². The maximum absolute atomic E-state index is 12.3. The summed E-state index contributed by atoms with van der Waals surface area (Å²) in [6.07, 6.45) is 4.40. The van der Waals surface area contributed by atoms with Gasteiger partial charge in [-0.3, -0.25) is 0 Å². The molecule has 1 N–H and O–H groups in total. The zero-order chi connectivity index (χ0) is 13.0. The lowest BCUT2D eigenvalue weighted by atomic mass is 10.0. The number of urea groups is 1. The van der Waals surface area contributed by atoms with Crippen LogP contribution in [-0.4, -0.2) is 41.1 Å². The molecule has 17 heavy (non-hydrogen) atoms. The number of hydrogen-bond acceptors (Lipinski definition) is 2. The summed E-state index contributed by atoms with van der Waals surface area (Å²) < 4.78 is 0. The molecule has 0 aromatic heterocycles. The average Bonchev–Trinajstić information content (AvgIpc) is 3.02. The third kappa shape index (κ3) is 4.41. The smallest absolute Gasteiger partial charge is 0.318 e. The Bertz CT molecular complexity index is 254. The minimum Gasteiger partial charge on any atom is -0.335 e. The van der Waals surface area contributed by atoms with Gasteiger partial charge >= 0.3 is 6.03 Å². The lowest BCUT2D eigenvalue weighted by molar-refractivity contribution is 0.155. The highest BCUT2D eigenvalue weighted by Crippen LogP contribution is 2.30. The van der Waals surface area contributed by atoms with Gasteiger partial charge in [-0.2, -0.15) is 11.8 Å². The van der Waals surface area contributed by atoms with Gasteiger partial charge in [0.05, 0.1) is 0 Å². The molecule has 0 bridgehead atoms. The number of nitrogens with one attached hydrogen (secondary N) is 1. The number of nitrogens with zero attached hydrogens (tertiary/aromatic N) is 1. The van der Waals surface area contributed by atoms with Crippen molar-refractivity contribution in [3.8, 4) is 0 Å². The van der Waals surface area contributed by atoms with Gasteiger partial charge in [0, 0.05) is 23.9 Å². The number of thioether (sulfide) groups is 1. The number of rotatable bonds is 6. The Kier molecular flexibility index (Phi) is 5.63. The summed E-state index contributed by atoms with van der Waals surface area (Å²) >= 11 is 1.77. The summed E-state index contributed by atoms with van der Waals surface area (Å²) in [7, 11) is 0. The summed E-state index contributed by atoms with van der Waals surface area (Å²) in [6.45, 7) is 8.58. The fourth-order valence-electron chi connectivity index (χ4n) is 1.93. The van der Waals surface area contributed by atoms with E-state index >= 15 is 0 Å². The van der Waals surface area contributed by atoms with Crippen molar-refractivity contribution in [2.75, 3.05) is 12.0 Å². The molecule has 2 amide bonds. The summed E-state index contributed by atoms with van der Waals surface area (Å²) in [5.74, 6) is 1.48. The van der Waals surface area contributed by atoms with Gasteiger partial charge in [-0.25, -0.2) is 4.79 Å². The zero-order valence-corrected chi connectivity index (χ0v) is 12.5. The molecule has 2 atom stereocenters. The molecule has 0 radical (unpaired) electrons. The van der Waals surface area contributed by atoms with Crippen LogP contribution in [0.1, 0.15) is 40.5 Å². The molecule has 1 aliphatic carbocycles. The van der Waals surface area contributed by atoms with Crippen molar-refractivity contribution in [2.24, 2.45) is 5.92 Å². The van der Waals surface area contributed by atoms with Crippen LogP contribution in [0.4, 0.5) is 4.79 Å². The molecule has 0 aromatic rings. The number of carbonyl (C=O) groups excluding carboxylic acids is 1. The molecule has 0 aliphatic heterocycles. The minimum absolute atomic E-state index is 0.121. The fraction of sp³-hybridized carbons (Fsp3) is 0.923. The highest BCUT2D eigenvalue weighted by Gasteiger charge is 2.36. The number of hydrogen-bond donors (Lipinski definition) is 1. The van der Waals surface area contributed by atoms with E-state index in [2.05, 4.69) is 44.2 Å². The Hall–Kier alpha value is -0.380.